The third kappa shape index (κ3) is 5.56. The van der Waals surface area contributed by atoms with Gasteiger partial charge in [-0.2, -0.15) is 0 Å². The largest absolute Gasteiger partial charge is 0.477 e. The fourth-order valence-corrected chi connectivity index (χ4v) is 2.81. The highest BCUT2D eigenvalue weighted by molar-refractivity contribution is 7.90. The Morgan fingerprint density at radius 2 is 2.04 bits per heavy atom. The fourth-order valence-electron chi connectivity index (χ4n) is 2.15. The van der Waals surface area contributed by atoms with Gasteiger partial charge in [0.05, 0.1) is 11.5 Å². The summed E-state index contributed by atoms with van der Waals surface area (Å²) in [6.45, 7) is 2.90. The van der Waals surface area contributed by atoms with Gasteiger partial charge in [-0.1, -0.05) is 25.5 Å². The van der Waals surface area contributed by atoms with Gasteiger partial charge in [0.2, 0.25) is 5.88 Å². The van der Waals surface area contributed by atoms with Crippen LogP contribution in [-0.4, -0.2) is 32.2 Å². The van der Waals surface area contributed by atoms with E-state index in [4.69, 9.17) is 4.74 Å². The number of amides is 1. The van der Waals surface area contributed by atoms with Crippen LogP contribution < -0.4 is 10.1 Å². The number of rotatable bonds is 8. The molecule has 0 atom stereocenters. The van der Waals surface area contributed by atoms with Crippen LogP contribution in [0, 0.1) is 0 Å². The number of hydrogen-bond donors (Lipinski definition) is 1. The Balaban J connectivity index is 2.05. The Kier molecular flexibility index (Phi) is 6.52. The van der Waals surface area contributed by atoms with E-state index >= 15 is 0 Å². The molecule has 0 aliphatic rings. The predicted molar refractivity (Wildman–Crippen MR) is 95.4 cm³/mol. The lowest BCUT2D eigenvalue weighted by molar-refractivity contribution is 0.0950. The van der Waals surface area contributed by atoms with Gasteiger partial charge in [-0.05, 0) is 30.7 Å². The number of aromatic nitrogens is 1. The second kappa shape index (κ2) is 8.62. The molecule has 0 saturated carbocycles. The Labute approximate surface area is 148 Å². The van der Waals surface area contributed by atoms with Gasteiger partial charge in [0.15, 0.2) is 9.84 Å². The molecule has 25 heavy (non-hydrogen) atoms. The molecule has 0 saturated heterocycles. The molecule has 1 aromatic heterocycles. The molecule has 6 nitrogen and oxygen atoms in total. The summed E-state index contributed by atoms with van der Waals surface area (Å²) in [6, 6.07) is 9.57. The molecule has 0 aliphatic carbocycles. The first kappa shape index (κ1) is 18.9. The number of unbranched alkanes of at least 4 members (excludes halogenated alkanes) is 1. The Morgan fingerprint density at radius 3 is 2.76 bits per heavy atom. The van der Waals surface area contributed by atoms with Gasteiger partial charge >= 0.3 is 0 Å². The van der Waals surface area contributed by atoms with Crippen molar-refractivity contribution < 1.29 is 17.9 Å². The molecule has 0 spiro atoms. The number of sulfone groups is 1. The van der Waals surface area contributed by atoms with Gasteiger partial charge in [-0.15, -0.1) is 0 Å². The quantitative estimate of drug-likeness (QED) is 0.730. The highest BCUT2D eigenvalue weighted by Crippen LogP contribution is 2.15. The standard InChI is InChI=1S/C18H22N2O4S/c1-3-4-11-24-18-15(8-6-10-19-18)13-20-17(21)14-7-5-9-16(12-14)25(2,22)23/h5-10,12H,3-4,11,13H2,1-2H3,(H,20,21). The summed E-state index contributed by atoms with van der Waals surface area (Å²) in [4.78, 5) is 16.6. The van der Waals surface area contributed by atoms with E-state index in [-0.39, 0.29) is 17.3 Å². The van der Waals surface area contributed by atoms with Crippen molar-refractivity contribution in [3.05, 3.63) is 53.7 Å². The smallest absolute Gasteiger partial charge is 0.251 e. The molecule has 2 rings (SSSR count). The molecule has 0 radical (unpaired) electrons. The zero-order valence-corrected chi connectivity index (χ0v) is 15.2. The zero-order valence-electron chi connectivity index (χ0n) is 14.4. The number of carbonyl (C=O) groups excluding carboxylic acids is 1. The van der Waals surface area contributed by atoms with Crippen LogP contribution in [0.15, 0.2) is 47.5 Å². The summed E-state index contributed by atoms with van der Waals surface area (Å²) in [5, 5.41) is 2.77. The van der Waals surface area contributed by atoms with E-state index in [1.54, 1.807) is 24.4 Å². The third-order valence-corrected chi connectivity index (χ3v) is 4.66. The molecule has 2 aromatic rings. The minimum Gasteiger partial charge on any atom is -0.477 e. The molecule has 1 amide bonds. The molecular formula is C18H22N2O4S. The van der Waals surface area contributed by atoms with Crippen molar-refractivity contribution in [2.45, 2.75) is 31.2 Å². The normalized spacial score (nSPS) is 11.1. The van der Waals surface area contributed by atoms with Crippen LogP contribution in [0.25, 0.3) is 0 Å². The van der Waals surface area contributed by atoms with E-state index < -0.39 is 9.84 Å². The maximum atomic E-state index is 12.3. The summed E-state index contributed by atoms with van der Waals surface area (Å²) in [7, 11) is -3.36. The third-order valence-electron chi connectivity index (χ3n) is 3.55. The van der Waals surface area contributed by atoms with Crippen LogP contribution in [-0.2, 0) is 16.4 Å². The van der Waals surface area contributed by atoms with Crippen molar-refractivity contribution in [1.82, 2.24) is 10.3 Å². The number of ether oxygens (including phenoxy) is 1. The number of nitrogens with zero attached hydrogens (tertiary/aromatic N) is 1. The van der Waals surface area contributed by atoms with E-state index in [0.29, 0.717) is 18.1 Å². The van der Waals surface area contributed by atoms with Crippen LogP contribution in [0.5, 0.6) is 5.88 Å². The van der Waals surface area contributed by atoms with Gasteiger partial charge in [-0.3, -0.25) is 4.79 Å². The highest BCUT2D eigenvalue weighted by atomic mass is 32.2. The zero-order chi connectivity index (χ0) is 18.3. The number of hydrogen-bond acceptors (Lipinski definition) is 5. The highest BCUT2D eigenvalue weighted by Gasteiger charge is 2.12. The summed E-state index contributed by atoms with van der Waals surface area (Å²) in [5.41, 5.74) is 1.06. The van der Waals surface area contributed by atoms with Crippen LogP contribution in [0.3, 0.4) is 0 Å². The maximum Gasteiger partial charge on any atom is 0.251 e. The first-order valence-electron chi connectivity index (χ1n) is 8.07. The topological polar surface area (TPSA) is 85.4 Å². The molecule has 0 aliphatic heterocycles. The van der Waals surface area contributed by atoms with Crippen molar-refractivity contribution >= 4 is 15.7 Å². The first-order chi connectivity index (χ1) is 11.9. The van der Waals surface area contributed by atoms with E-state index in [0.717, 1.165) is 24.7 Å². The molecule has 1 N–H and O–H groups in total. The Bertz CT molecular complexity index is 834. The van der Waals surface area contributed by atoms with Crippen LogP contribution in [0.1, 0.15) is 35.7 Å². The van der Waals surface area contributed by atoms with E-state index in [2.05, 4.69) is 17.2 Å². The molecule has 134 valence electrons. The Morgan fingerprint density at radius 1 is 1.24 bits per heavy atom. The van der Waals surface area contributed by atoms with Crippen molar-refractivity contribution in [3.8, 4) is 5.88 Å². The SMILES string of the molecule is CCCCOc1ncccc1CNC(=O)c1cccc(S(C)(=O)=O)c1. The first-order valence-corrected chi connectivity index (χ1v) is 9.96. The molecule has 0 unspecified atom stereocenters. The van der Waals surface area contributed by atoms with E-state index in [9.17, 15) is 13.2 Å². The number of carbonyl (C=O) groups is 1. The summed E-state index contributed by atoms with van der Waals surface area (Å²) >= 11 is 0. The lowest BCUT2D eigenvalue weighted by Crippen LogP contribution is -2.23. The van der Waals surface area contributed by atoms with Crippen molar-refractivity contribution in [2.75, 3.05) is 12.9 Å². The molecule has 1 aromatic carbocycles. The molecule has 7 heteroatoms. The lowest BCUT2D eigenvalue weighted by Gasteiger charge is -2.11. The van der Waals surface area contributed by atoms with Crippen molar-refractivity contribution in [2.24, 2.45) is 0 Å². The van der Waals surface area contributed by atoms with E-state index in [1.165, 1.54) is 12.1 Å². The monoisotopic (exact) mass is 362 g/mol. The van der Waals surface area contributed by atoms with Gasteiger partial charge in [-0.25, -0.2) is 13.4 Å². The van der Waals surface area contributed by atoms with Gasteiger partial charge in [0.25, 0.3) is 5.91 Å². The molecule has 1 heterocycles. The molecule has 0 bridgehead atoms. The fraction of sp³-hybridized carbons (Fsp3) is 0.333. The second-order valence-corrected chi connectivity index (χ2v) is 7.67. The van der Waals surface area contributed by atoms with Crippen LogP contribution in [0.4, 0.5) is 0 Å². The summed E-state index contributed by atoms with van der Waals surface area (Å²) in [6.07, 6.45) is 4.71. The average Bonchev–Trinajstić information content (AvgIpc) is 2.60. The summed E-state index contributed by atoms with van der Waals surface area (Å²) < 4.78 is 28.8. The minimum atomic E-state index is -3.36. The summed E-state index contributed by atoms with van der Waals surface area (Å²) in [5.74, 6) is 0.148. The van der Waals surface area contributed by atoms with Gasteiger partial charge in [0, 0.05) is 30.1 Å². The minimum absolute atomic E-state index is 0.116. The van der Waals surface area contributed by atoms with Gasteiger partial charge < -0.3 is 10.1 Å². The van der Waals surface area contributed by atoms with E-state index in [1.807, 2.05) is 6.07 Å². The maximum absolute atomic E-state index is 12.3. The van der Waals surface area contributed by atoms with Crippen LogP contribution >= 0.6 is 0 Å². The number of benzene rings is 1. The van der Waals surface area contributed by atoms with Crippen LogP contribution in [0.2, 0.25) is 0 Å². The molecule has 0 fully saturated rings. The number of nitrogens with one attached hydrogen (secondary N) is 1. The number of pyridine rings is 1. The Hall–Kier alpha value is -2.41. The van der Waals surface area contributed by atoms with Crippen molar-refractivity contribution in [3.63, 3.8) is 0 Å². The average molecular weight is 362 g/mol. The lowest BCUT2D eigenvalue weighted by atomic mass is 10.2. The van der Waals surface area contributed by atoms with Crippen molar-refractivity contribution in [1.29, 1.82) is 0 Å². The van der Waals surface area contributed by atoms with Gasteiger partial charge in [0.1, 0.15) is 0 Å². The predicted octanol–water partition coefficient (Wildman–Crippen LogP) is 2.59. The second-order valence-electron chi connectivity index (χ2n) is 5.65. The molecular weight excluding hydrogens is 340 g/mol.